The van der Waals surface area contributed by atoms with Crippen LogP contribution in [-0.4, -0.2) is 14.6 Å². The Morgan fingerprint density at radius 3 is 3.10 bits per heavy atom. The lowest BCUT2D eigenvalue weighted by molar-refractivity contribution is 0.579. The summed E-state index contributed by atoms with van der Waals surface area (Å²) in [6.45, 7) is 1.79. The zero-order chi connectivity index (χ0) is 14.1. The SMILES string of the molecule is Cc1nc2cc(-c3ccco3)[nH]n2c(=O)c1CCC#N. The summed E-state index contributed by atoms with van der Waals surface area (Å²) >= 11 is 0. The van der Waals surface area contributed by atoms with Gasteiger partial charge in [-0.3, -0.25) is 9.89 Å². The summed E-state index contributed by atoms with van der Waals surface area (Å²) in [5, 5.41) is 11.6. The lowest BCUT2D eigenvalue weighted by Crippen LogP contribution is -2.21. The fraction of sp³-hybridized carbons (Fsp3) is 0.214. The Bertz CT molecular complexity index is 850. The normalized spacial score (nSPS) is 10.8. The second-order valence-corrected chi connectivity index (χ2v) is 4.48. The van der Waals surface area contributed by atoms with E-state index in [1.807, 2.05) is 6.07 Å². The van der Waals surface area contributed by atoms with E-state index in [-0.39, 0.29) is 5.56 Å². The topological polar surface area (TPSA) is 87.1 Å². The second kappa shape index (κ2) is 4.70. The van der Waals surface area contributed by atoms with Gasteiger partial charge in [0.2, 0.25) is 0 Å². The molecule has 0 atom stereocenters. The summed E-state index contributed by atoms with van der Waals surface area (Å²) in [6.07, 6.45) is 2.28. The molecular formula is C14H12N4O2. The van der Waals surface area contributed by atoms with E-state index in [2.05, 4.69) is 10.1 Å². The number of hydrogen-bond acceptors (Lipinski definition) is 4. The quantitative estimate of drug-likeness (QED) is 0.787. The van der Waals surface area contributed by atoms with Gasteiger partial charge in [0, 0.05) is 23.7 Å². The Morgan fingerprint density at radius 1 is 1.55 bits per heavy atom. The Labute approximate surface area is 114 Å². The van der Waals surface area contributed by atoms with Crippen molar-refractivity contribution in [1.82, 2.24) is 14.6 Å². The van der Waals surface area contributed by atoms with E-state index >= 15 is 0 Å². The number of rotatable bonds is 3. The third-order valence-corrected chi connectivity index (χ3v) is 3.19. The first kappa shape index (κ1) is 12.2. The van der Waals surface area contributed by atoms with Crippen LogP contribution in [0.15, 0.2) is 33.7 Å². The van der Waals surface area contributed by atoms with Crippen LogP contribution in [0.5, 0.6) is 0 Å². The van der Waals surface area contributed by atoms with Crippen LogP contribution < -0.4 is 5.56 Å². The van der Waals surface area contributed by atoms with E-state index in [1.165, 1.54) is 4.52 Å². The largest absolute Gasteiger partial charge is 0.463 e. The van der Waals surface area contributed by atoms with Crippen LogP contribution in [0.1, 0.15) is 17.7 Å². The fourth-order valence-corrected chi connectivity index (χ4v) is 2.20. The van der Waals surface area contributed by atoms with Crippen molar-refractivity contribution in [1.29, 1.82) is 5.26 Å². The Kier molecular flexibility index (Phi) is 2.88. The van der Waals surface area contributed by atoms with Crippen molar-refractivity contribution in [3.8, 4) is 17.5 Å². The van der Waals surface area contributed by atoms with Crippen molar-refractivity contribution in [2.75, 3.05) is 0 Å². The number of aromatic nitrogens is 3. The first-order chi connectivity index (χ1) is 9.70. The van der Waals surface area contributed by atoms with Crippen molar-refractivity contribution in [3.05, 3.63) is 46.1 Å². The van der Waals surface area contributed by atoms with Gasteiger partial charge in [-0.05, 0) is 25.5 Å². The minimum absolute atomic E-state index is 0.166. The van der Waals surface area contributed by atoms with Gasteiger partial charge in [0.05, 0.1) is 12.3 Å². The number of H-pyrrole nitrogens is 1. The molecule has 0 spiro atoms. The summed E-state index contributed by atoms with van der Waals surface area (Å²) in [5.74, 6) is 0.645. The lowest BCUT2D eigenvalue weighted by Gasteiger charge is -2.02. The molecule has 6 nitrogen and oxygen atoms in total. The third kappa shape index (κ3) is 1.89. The molecule has 0 saturated carbocycles. The number of nitrogens with one attached hydrogen (secondary N) is 1. The highest BCUT2D eigenvalue weighted by molar-refractivity contribution is 5.59. The van der Waals surface area contributed by atoms with Gasteiger partial charge in [0.15, 0.2) is 11.4 Å². The smallest absolute Gasteiger partial charge is 0.276 e. The first-order valence-corrected chi connectivity index (χ1v) is 6.23. The molecule has 0 bridgehead atoms. The molecule has 0 saturated heterocycles. The molecule has 0 aliphatic heterocycles. The molecule has 3 aromatic rings. The summed E-state index contributed by atoms with van der Waals surface area (Å²) < 4.78 is 6.68. The van der Waals surface area contributed by atoms with E-state index in [0.717, 1.165) is 0 Å². The summed E-state index contributed by atoms with van der Waals surface area (Å²) in [7, 11) is 0. The maximum atomic E-state index is 12.4. The third-order valence-electron chi connectivity index (χ3n) is 3.19. The predicted octanol–water partition coefficient (Wildman–Crippen LogP) is 2.05. The second-order valence-electron chi connectivity index (χ2n) is 4.48. The van der Waals surface area contributed by atoms with Gasteiger partial charge in [0.1, 0.15) is 5.69 Å². The summed E-state index contributed by atoms with van der Waals surface area (Å²) in [6, 6.07) is 7.39. The van der Waals surface area contributed by atoms with E-state index in [9.17, 15) is 4.79 Å². The highest BCUT2D eigenvalue weighted by Gasteiger charge is 2.13. The van der Waals surface area contributed by atoms with Crippen LogP contribution in [0.3, 0.4) is 0 Å². The monoisotopic (exact) mass is 268 g/mol. The van der Waals surface area contributed by atoms with Gasteiger partial charge >= 0.3 is 0 Å². The molecule has 1 N–H and O–H groups in total. The number of hydrogen-bond donors (Lipinski definition) is 1. The van der Waals surface area contributed by atoms with Crippen LogP contribution >= 0.6 is 0 Å². The molecule has 0 aliphatic carbocycles. The molecule has 0 fully saturated rings. The van der Waals surface area contributed by atoms with Crippen LogP contribution in [-0.2, 0) is 6.42 Å². The molecule has 100 valence electrons. The zero-order valence-corrected chi connectivity index (χ0v) is 10.9. The lowest BCUT2D eigenvalue weighted by atomic mass is 10.1. The van der Waals surface area contributed by atoms with Gasteiger partial charge in [-0.25, -0.2) is 9.50 Å². The van der Waals surface area contributed by atoms with Gasteiger partial charge in [-0.15, -0.1) is 0 Å². The van der Waals surface area contributed by atoms with Crippen molar-refractivity contribution in [2.24, 2.45) is 0 Å². The molecule has 3 heterocycles. The molecule has 0 aliphatic rings. The predicted molar refractivity (Wildman–Crippen MR) is 72.2 cm³/mol. The number of fused-ring (bicyclic) bond motifs is 1. The minimum Gasteiger partial charge on any atom is -0.463 e. The zero-order valence-electron chi connectivity index (χ0n) is 10.9. The molecule has 0 unspecified atom stereocenters. The van der Waals surface area contributed by atoms with Crippen LogP contribution in [0, 0.1) is 18.3 Å². The van der Waals surface area contributed by atoms with Gasteiger partial charge in [-0.2, -0.15) is 5.26 Å². The number of furan rings is 1. The Balaban J connectivity index is 2.18. The molecule has 0 amide bonds. The average Bonchev–Trinajstić information content (AvgIpc) is 3.06. The van der Waals surface area contributed by atoms with Crippen molar-refractivity contribution >= 4 is 5.65 Å². The maximum Gasteiger partial charge on any atom is 0.276 e. The van der Waals surface area contributed by atoms with Crippen molar-refractivity contribution < 1.29 is 4.42 Å². The highest BCUT2D eigenvalue weighted by Crippen LogP contribution is 2.19. The number of aryl methyl sites for hydroxylation is 1. The molecule has 6 heteroatoms. The van der Waals surface area contributed by atoms with Gasteiger partial charge in [-0.1, -0.05) is 0 Å². The molecule has 0 aromatic carbocycles. The van der Waals surface area contributed by atoms with Gasteiger partial charge in [0.25, 0.3) is 5.56 Å². The van der Waals surface area contributed by atoms with E-state index in [4.69, 9.17) is 9.68 Å². The number of nitriles is 1. The molecule has 20 heavy (non-hydrogen) atoms. The molecule has 3 rings (SSSR count). The van der Waals surface area contributed by atoms with E-state index in [0.29, 0.717) is 41.2 Å². The van der Waals surface area contributed by atoms with Crippen LogP contribution in [0.25, 0.3) is 17.1 Å². The molecule has 3 aromatic heterocycles. The average molecular weight is 268 g/mol. The standard InChI is InChI=1S/C14H12N4O2/c1-9-10(4-2-6-15)14(19)18-13(16-9)8-11(17-18)12-5-3-7-20-12/h3,5,7-8,17H,2,4H2,1H3. The van der Waals surface area contributed by atoms with Crippen molar-refractivity contribution in [2.45, 2.75) is 19.8 Å². The first-order valence-electron chi connectivity index (χ1n) is 6.23. The summed E-state index contributed by atoms with van der Waals surface area (Å²) in [5.41, 5.74) is 2.30. The van der Waals surface area contributed by atoms with Crippen molar-refractivity contribution in [3.63, 3.8) is 0 Å². The number of aromatic amines is 1. The van der Waals surface area contributed by atoms with E-state index in [1.54, 1.807) is 31.4 Å². The Hall–Kier alpha value is -2.81. The Morgan fingerprint density at radius 2 is 2.40 bits per heavy atom. The maximum absolute atomic E-state index is 12.4. The van der Waals surface area contributed by atoms with Gasteiger partial charge < -0.3 is 4.42 Å². The number of nitrogens with zero attached hydrogens (tertiary/aromatic N) is 3. The minimum atomic E-state index is -0.166. The summed E-state index contributed by atoms with van der Waals surface area (Å²) in [4.78, 5) is 16.8. The van der Waals surface area contributed by atoms with Crippen LogP contribution in [0.4, 0.5) is 0 Å². The van der Waals surface area contributed by atoms with E-state index < -0.39 is 0 Å². The molecular weight excluding hydrogens is 256 g/mol. The molecule has 0 radical (unpaired) electrons. The van der Waals surface area contributed by atoms with Crippen LogP contribution in [0.2, 0.25) is 0 Å². The highest BCUT2D eigenvalue weighted by atomic mass is 16.3. The fourth-order valence-electron chi connectivity index (χ4n) is 2.20.